The van der Waals surface area contributed by atoms with Gasteiger partial charge in [0, 0.05) is 17.5 Å². The molecule has 0 aliphatic rings. The van der Waals surface area contributed by atoms with Gasteiger partial charge in [0.05, 0.1) is 18.4 Å². The molecule has 0 fully saturated rings. The molecule has 22 heavy (non-hydrogen) atoms. The van der Waals surface area contributed by atoms with Crippen LogP contribution in [0.25, 0.3) is 0 Å². The van der Waals surface area contributed by atoms with Crippen molar-refractivity contribution in [2.45, 2.75) is 19.8 Å². The van der Waals surface area contributed by atoms with Crippen LogP contribution in [0.5, 0.6) is 5.75 Å². The second-order valence-electron chi connectivity index (χ2n) is 4.45. The molecule has 118 valence electrons. The van der Waals surface area contributed by atoms with Gasteiger partial charge in [-0.05, 0) is 6.42 Å². The van der Waals surface area contributed by atoms with Crippen molar-refractivity contribution < 1.29 is 13.5 Å². The molecule has 2 rings (SSSR count). The Hall–Kier alpha value is -2.22. The van der Waals surface area contributed by atoms with Crippen LogP contribution in [-0.2, 0) is 0 Å². The molecular weight excluding hydrogens is 310 g/mol. The van der Waals surface area contributed by atoms with Gasteiger partial charge < -0.3 is 10.5 Å². The van der Waals surface area contributed by atoms with E-state index in [1.807, 2.05) is 6.92 Å². The van der Waals surface area contributed by atoms with Crippen molar-refractivity contribution in [2.75, 3.05) is 17.8 Å². The first-order chi connectivity index (χ1) is 10.6. The molecule has 0 spiro atoms. The van der Waals surface area contributed by atoms with E-state index < -0.39 is 11.6 Å². The van der Waals surface area contributed by atoms with Crippen LogP contribution in [-0.4, -0.2) is 17.8 Å². The molecule has 0 atom stereocenters. The smallest absolute Gasteiger partial charge is 0.205 e. The van der Waals surface area contributed by atoms with E-state index in [1.54, 1.807) is 5.38 Å². The Morgan fingerprint density at radius 2 is 2.14 bits per heavy atom. The summed E-state index contributed by atoms with van der Waals surface area (Å²) in [5, 5.41) is 5.81. The maximum Gasteiger partial charge on any atom is 0.205 e. The maximum absolute atomic E-state index is 13.9. The average Bonchev–Trinajstić information content (AvgIpc) is 2.88. The minimum atomic E-state index is -0.740. The van der Waals surface area contributed by atoms with Gasteiger partial charge in [0.1, 0.15) is 23.2 Å². The van der Waals surface area contributed by atoms with Gasteiger partial charge in [0.2, 0.25) is 5.13 Å². The van der Waals surface area contributed by atoms with Crippen LogP contribution in [0.1, 0.15) is 25.3 Å². The Morgan fingerprint density at radius 3 is 2.73 bits per heavy atom. The molecular formula is C14H16F2N4OS. The number of benzene rings is 1. The minimum absolute atomic E-state index is 0.168. The van der Waals surface area contributed by atoms with Gasteiger partial charge >= 0.3 is 0 Å². The minimum Gasteiger partial charge on any atom is -0.493 e. The molecule has 2 aromatic rings. The molecule has 1 aromatic carbocycles. The molecule has 5 nitrogen and oxygen atoms in total. The van der Waals surface area contributed by atoms with E-state index in [0.29, 0.717) is 17.6 Å². The molecule has 0 bridgehead atoms. The molecule has 3 N–H and O–H groups in total. The number of unbranched alkanes of at least 4 members (excludes halogenated alkanes) is 1. The van der Waals surface area contributed by atoms with Crippen molar-refractivity contribution >= 4 is 28.5 Å². The normalized spacial score (nSPS) is 11.0. The van der Waals surface area contributed by atoms with E-state index in [2.05, 4.69) is 15.5 Å². The van der Waals surface area contributed by atoms with Crippen LogP contribution in [0.3, 0.4) is 0 Å². The second-order valence-corrected chi connectivity index (χ2v) is 5.31. The van der Waals surface area contributed by atoms with Crippen molar-refractivity contribution in [3.63, 3.8) is 0 Å². The van der Waals surface area contributed by atoms with Crippen LogP contribution in [0.2, 0.25) is 0 Å². The lowest BCUT2D eigenvalue weighted by Gasteiger charge is -2.07. The number of nitrogen functional groups attached to an aromatic ring is 1. The molecule has 8 heteroatoms. The molecule has 1 aromatic heterocycles. The van der Waals surface area contributed by atoms with Crippen LogP contribution < -0.4 is 15.9 Å². The molecule has 0 aliphatic carbocycles. The van der Waals surface area contributed by atoms with Gasteiger partial charge in [-0.3, -0.25) is 5.43 Å². The topological polar surface area (TPSA) is 72.5 Å². The SMILES string of the molecule is CCCCOc1cc(F)c(C=NNc2nc(N)cs2)c(F)c1. The number of ether oxygens (including phenoxy) is 1. The number of thiazole rings is 1. The lowest BCUT2D eigenvalue weighted by atomic mass is 10.2. The highest BCUT2D eigenvalue weighted by atomic mass is 32.1. The van der Waals surface area contributed by atoms with Crippen LogP contribution in [0, 0.1) is 11.6 Å². The third-order valence-corrected chi connectivity index (χ3v) is 3.46. The van der Waals surface area contributed by atoms with Gasteiger partial charge in [-0.1, -0.05) is 13.3 Å². The number of halogens is 2. The van der Waals surface area contributed by atoms with Crippen molar-refractivity contribution in [3.05, 3.63) is 34.7 Å². The largest absolute Gasteiger partial charge is 0.493 e. The Morgan fingerprint density at radius 1 is 1.41 bits per heavy atom. The van der Waals surface area contributed by atoms with Gasteiger partial charge in [-0.2, -0.15) is 5.10 Å². The standard InChI is InChI=1S/C14H16F2N4OS/c1-2-3-4-21-9-5-11(15)10(12(16)6-9)7-18-20-14-19-13(17)8-22-14/h5-8H,2-4,17H2,1H3,(H,19,20). The second kappa shape index (κ2) is 7.69. The van der Waals surface area contributed by atoms with Crippen molar-refractivity contribution in [2.24, 2.45) is 5.10 Å². The van der Waals surface area contributed by atoms with E-state index >= 15 is 0 Å². The predicted molar refractivity (Wildman–Crippen MR) is 84.5 cm³/mol. The highest BCUT2D eigenvalue weighted by Gasteiger charge is 2.10. The lowest BCUT2D eigenvalue weighted by molar-refractivity contribution is 0.306. The summed E-state index contributed by atoms with van der Waals surface area (Å²) in [4.78, 5) is 3.91. The van der Waals surface area contributed by atoms with Crippen LogP contribution in [0.15, 0.2) is 22.6 Å². The fourth-order valence-corrected chi connectivity index (χ4v) is 2.14. The van der Waals surface area contributed by atoms with Crippen molar-refractivity contribution in [1.29, 1.82) is 0 Å². The van der Waals surface area contributed by atoms with Gasteiger partial charge in [-0.25, -0.2) is 13.8 Å². The number of nitrogens with one attached hydrogen (secondary N) is 1. The zero-order valence-electron chi connectivity index (χ0n) is 12.0. The van der Waals surface area contributed by atoms with E-state index in [4.69, 9.17) is 10.5 Å². The third kappa shape index (κ3) is 4.39. The van der Waals surface area contributed by atoms with E-state index in [-0.39, 0.29) is 11.3 Å². The summed E-state index contributed by atoms with van der Waals surface area (Å²) >= 11 is 1.24. The number of hydrogen-bond donors (Lipinski definition) is 2. The average molecular weight is 326 g/mol. The summed E-state index contributed by atoms with van der Waals surface area (Å²) in [5.74, 6) is -0.957. The third-order valence-electron chi connectivity index (χ3n) is 2.69. The lowest BCUT2D eigenvalue weighted by Crippen LogP contribution is -2.01. The van der Waals surface area contributed by atoms with Crippen molar-refractivity contribution in [3.8, 4) is 5.75 Å². The maximum atomic E-state index is 13.9. The molecule has 0 aliphatic heterocycles. The van der Waals surface area contributed by atoms with Gasteiger partial charge in [0.15, 0.2) is 0 Å². The molecule has 0 saturated carbocycles. The summed E-state index contributed by atoms with van der Waals surface area (Å²) in [6.45, 7) is 2.43. The summed E-state index contributed by atoms with van der Waals surface area (Å²) in [6, 6.07) is 2.28. The van der Waals surface area contributed by atoms with E-state index in [1.165, 1.54) is 11.3 Å². The monoisotopic (exact) mass is 326 g/mol. The van der Waals surface area contributed by atoms with Crippen LogP contribution >= 0.6 is 11.3 Å². The first-order valence-corrected chi connectivity index (χ1v) is 7.60. The summed E-state index contributed by atoms with van der Waals surface area (Å²) in [5.41, 5.74) is 7.76. The van der Waals surface area contributed by atoms with Crippen LogP contribution in [0.4, 0.5) is 19.7 Å². The Bertz CT molecular complexity index is 637. The summed E-state index contributed by atoms with van der Waals surface area (Å²) < 4.78 is 33.0. The molecule has 0 saturated heterocycles. The fraction of sp³-hybridized carbons (Fsp3) is 0.286. The molecule has 0 unspecified atom stereocenters. The molecule has 0 amide bonds. The number of anilines is 2. The summed E-state index contributed by atoms with van der Waals surface area (Å²) in [6.07, 6.45) is 2.83. The highest BCUT2D eigenvalue weighted by molar-refractivity contribution is 7.14. The van der Waals surface area contributed by atoms with Gasteiger partial charge in [-0.15, -0.1) is 11.3 Å². The first kappa shape index (κ1) is 16.2. The van der Waals surface area contributed by atoms with E-state index in [0.717, 1.165) is 31.2 Å². The Kier molecular flexibility index (Phi) is 5.65. The highest BCUT2D eigenvalue weighted by Crippen LogP contribution is 2.20. The molecule has 0 radical (unpaired) electrons. The quantitative estimate of drug-likeness (QED) is 0.463. The van der Waals surface area contributed by atoms with E-state index in [9.17, 15) is 8.78 Å². The number of hydrogen-bond acceptors (Lipinski definition) is 6. The molecule has 1 heterocycles. The van der Waals surface area contributed by atoms with Gasteiger partial charge in [0.25, 0.3) is 0 Å². The predicted octanol–water partition coefficient (Wildman–Crippen LogP) is 3.63. The number of aromatic nitrogens is 1. The summed E-state index contributed by atoms with van der Waals surface area (Å²) in [7, 11) is 0. The fourth-order valence-electron chi connectivity index (χ4n) is 1.59. The zero-order chi connectivity index (χ0) is 15.9. The van der Waals surface area contributed by atoms with Crippen molar-refractivity contribution in [1.82, 2.24) is 4.98 Å². The number of nitrogens with zero attached hydrogens (tertiary/aromatic N) is 2. The number of nitrogens with two attached hydrogens (primary N) is 1. The first-order valence-electron chi connectivity index (χ1n) is 6.72. The number of rotatable bonds is 7. The zero-order valence-corrected chi connectivity index (χ0v) is 12.8. The Balaban J connectivity index is 2.04. The Labute approximate surface area is 130 Å². The number of hydrazone groups is 1.